The Morgan fingerprint density at radius 3 is 2.42 bits per heavy atom. The summed E-state index contributed by atoms with van der Waals surface area (Å²) in [6.45, 7) is 5.64. The minimum Gasteiger partial charge on any atom is -0.494 e. The van der Waals surface area contributed by atoms with Crippen molar-refractivity contribution in [2.75, 3.05) is 13.7 Å². The molecule has 2 aromatic carbocycles. The van der Waals surface area contributed by atoms with Crippen LogP contribution in [0.3, 0.4) is 0 Å². The van der Waals surface area contributed by atoms with Gasteiger partial charge in [0, 0.05) is 0 Å². The second-order valence-electron chi connectivity index (χ2n) is 5.80. The van der Waals surface area contributed by atoms with Crippen molar-refractivity contribution >= 4 is 5.91 Å². The van der Waals surface area contributed by atoms with Gasteiger partial charge >= 0.3 is 0 Å². The minimum absolute atomic E-state index is 0.0914. The summed E-state index contributed by atoms with van der Waals surface area (Å²) in [5.74, 6) is 0.113. The molecule has 0 spiro atoms. The number of benzene rings is 2. The molecule has 5 heteroatoms. The molecule has 0 unspecified atom stereocenters. The Balaban J connectivity index is 1.92. The van der Waals surface area contributed by atoms with Crippen molar-refractivity contribution in [3.05, 3.63) is 58.9 Å². The van der Waals surface area contributed by atoms with Crippen LogP contribution >= 0.6 is 0 Å². The van der Waals surface area contributed by atoms with Crippen molar-refractivity contribution in [3.63, 3.8) is 0 Å². The number of hydrogen-bond acceptors (Lipinski definition) is 3. The number of ether oxygens (including phenoxy) is 2. The highest BCUT2D eigenvalue weighted by Crippen LogP contribution is 2.21. The Kier molecular flexibility index (Phi) is 5.79. The lowest BCUT2D eigenvalue weighted by molar-refractivity contribution is -0.123. The van der Waals surface area contributed by atoms with Crippen LogP contribution in [0.25, 0.3) is 0 Å². The van der Waals surface area contributed by atoms with Crippen LogP contribution in [0.4, 0.5) is 4.39 Å². The predicted molar refractivity (Wildman–Crippen MR) is 90.9 cm³/mol. The van der Waals surface area contributed by atoms with E-state index in [0.717, 1.165) is 11.1 Å². The Labute approximate surface area is 141 Å². The summed E-state index contributed by atoms with van der Waals surface area (Å²) in [4.78, 5) is 12.0. The molecule has 2 aromatic rings. The SMILES string of the molecule is COc1ccc([C@@H](C)NC(=O)COc2cc(C)cc(C)c2)cc1F. The van der Waals surface area contributed by atoms with E-state index in [2.05, 4.69) is 5.32 Å². The van der Waals surface area contributed by atoms with Crippen LogP contribution in [0.1, 0.15) is 29.7 Å². The molecule has 0 fully saturated rings. The average Bonchev–Trinajstić information content (AvgIpc) is 2.52. The molecule has 1 atom stereocenters. The lowest BCUT2D eigenvalue weighted by Crippen LogP contribution is -2.31. The second-order valence-corrected chi connectivity index (χ2v) is 5.80. The molecular formula is C19H22FNO3. The maximum Gasteiger partial charge on any atom is 0.258 e. The van der Waals surface area contributed by atoms with Crippen molar-refractivity contribution in [1.29, 1.82) is 0 Å². The topological polar surface area (TPSA) is 47.6 Å². The highest BCUT2D eigenvalue weighted by atomic mass is 19.1. The van der Waals surface area contributed by atoms with Crippen molar-refractivity contribution in [1.82, 2.24) is 5.32 Å². The molecule has 1 N–H and O–H groups in total. The Hall–Kier alpha value is -2.56. The zero-order chi connectivity index (χ0) is 17.7. The van der Waals surface area contributed by atoms with Gasteiger partial charge in [0.25, 0.3) is 5.91 Å². The van der Waals surface area contributed by atoms with E-state index in [1.807, 2.05) is 32.0 Å². The van der Waals surface area contributed by atoms with E-state index in [4.69, 9.17) is 9.47 Å². The summed E-state index contributed by atoms with van der Waals surface area (Å²) in [6.07, 6.45) is 0. The quantitative estimate of drug-likeness (QED) is 0.878. The first-order chi connectivity index (χ1) is 11.4. The van der Waals surface area contributed by atoms with Crippen molar-refractivity contribution in [3.8, 4) is 11.5 Å². The highest BCUT2D eigenvalue weighted by molar-refractivity contribution is 5.78. The molecule has 0 saturated heterocycles. The van der Waals surface area contributed by atoms with E-state index >= 15 is 0 Å². The number of amides is 1. The van der Waals surface area contributed by atoms with Gasteiger partial charge in [0.15, 0.2) is 18.2 Å². The van der Waals surface area contributed by atoms with Gasteiger partial charge in [-0.15, -0.1) is 0 Å². The minimum atomic E-state index is -0.456. The van der Waals surface area contributed by atoms with Gasteiger partial charge in [0.2, 0.25) is 0 Å². The molecule has 0 aliphatic heterocycles. The lowest BCUT2D eigenvalue weighted by Gasteiger charge is -2.16. The standard InChI is InChI=1S/C19H22FNO3/c1-12-7-13(2)9-16(8-12)24-11-19(22)21-14(3)15-5-6-18(23-4)17(20)10-15/h5-10,14H,11H2,1-4H3,(H,21,22)/t14-/m1/s1. The fraction of sp³-hybridized carbons (Fsp3) is 0.316. The Bertz CT molecular complexity index is 710. The van der Waals surface area contributed by atoms with Gasteiger partial charge in [0.1, 0.15) is 5.75 Å². The molecule has 128 valence electrons. The second kappa shape index (κ2) is 7.81. The molecule has 24 heavy (non-hydrogen) atoms. The largest absolute Gasteiger partial charge is 0.494 e. The summed E-state index contributed by atoms with van der Waals surface area (Å²) < 4.78 is 24.1. The van der Waals surface area contributed by atoms with Crippen molar-refractivity contribution < 1.29 is 18.7 Å². The number of hydrogen-bond donors (Lipinski definition) is 1. The van der Waals surface area contributed by atoms with E-state index in [9.17, 15) is 9.18 Å². The van der Waals surface area contributed by atoms with Gasteiger partial charge in [0.05, 0.1) is 13.2 Å². The molecular weight excluding hydrogens is 309 g/mol. The molecule has 0 heterocycles. The van der Waals surface area contributed by atoms with Crippen LogP contribution in [-0.2, 0) is 4.79 Å². The number of halogens is 1. The summed E-state index contributed by atoms with van der Waals surface area (Å²) in [6, 6.07) is 10.1. The number of carbonyl (C=O) groups is 1. The van der Waals surface area contributed by atoms with E-state index in [0.29, 0.717) is 11.3 Å². The number of carbonyl (C=O) groups excluding carboxylic acids is 1. The van der Waals surface area contributed by atoms with Crippen molar-refractivity contribution in [2.45, 2.75) is 26.8 Å². The van der Waals surface area contributed by atoms with E-state index < -0.39 is 5.82 Å². The average molecular weight is 331 g/mol. The smallest absolute Gasteiger partial charge is 0.258 e. The van der Waals surface area contributed by atoms with Gasteiger partial charge < -0.3 is 14.8 Å². The third-order valence-electron chi connectivity index (χ3n) is 3.62. The zero-order valence-corrected chi connectivity index (χ0v) is 14.4. The molecule has 0 bridgehead atoms. The first kappa shape index (κ1) is 17.8. The fourth-order valence-electron chi connectivity index (χ4n) is 2.48. The number of methoxy groups -OCH3 is 1. The van der Waals surface area contributed by atoms with E-state index in [1.165, 1.54) is 13.2 Å². The van der Waals surface area contributed by atoms with Crippen LogP contribution in [0.5, 0.6) is 11.5 Å². The van der Waals surface area contributed by atoms with E-state index in [-0.39, 0.29) is 24.3 Å². The lowest BCUT2D eigenvalue weighted by atomic mass is 10.1. The number of aryl methyl sites for hydroxylation is 2. The monoisotopic (exact) mass is 331 g/mol. The van der Waals surface area contributed by atoms with Gasteiger partial charge in [-0.2, -0.15) is 0 Å². The van der Waals surface area contributed by atoms with Gasteiger partial charge in [-0.1, -0.05) is 12.1 Å². The predicted octanol–water partition coefficient (Wildman–Crippen LogP) is 3.71. The third-order valence-corrected chi connectivity index (χ3v) is 3.62. The van der Waals surface area contributed by atoms with Crippen LogP contribution in [-0.4, -0.2) is 19.6 Å². The van der Waals surface area contributed by atoms with Gasteiger partial charge in [-0.25, -0.2) is 4.39 Å². The first-order valence-electron chi connectivity index (χ1n) is 7.73. The van der Waals surface area contributed by atoms with Crippen molar-refractivity contribution in [2.24, 2.45) is 0 Å². The Morgan fingerprint density at radius 2 is 1.83 bits per heavy atom. The molecule has 4 nitrogen and oxygen atoms in total. The fourth-order valence-corrected chi connectivity index (χ4v) is 2.48. The number of nitrogens with one attached hydrogen (secondary N) is 1. The van der Waals surface area contributed by atoms with Crippen LogP contribution in [0.15, 0.2) is 36.4 Å². The molecule has 0 saturated carbocycles. The zero-order valence-electron chi connectivity index (χ0n) is 14.4. The first-order valence-corrected chi connectivity index (χ1v) is 7.73. The molecule has 1 amide bonds. The number of rotatable bonds is 6. The maximum atomic E-state index is 13.7. The summed E-state index contributed by atoms with van der Waals surface area (Å²) in [5, 5.41) is 2.79. The van der Waals surface area contributed by atoms with Gasteiger partial charge in [-0.3, -0.25) is 4.79 Å². The molecule has 0 radical (unpaired) electrons. The highest BCUT2D eigenvalue weighted by Gasteiger charge is 2.13. The molecule has 0 aromatic heterocycles. The normalized spacial score (nSPS) is 11.7. The van der Waals surface area contributed by atoms with Gasteiger partial charge in [-0.05, 0) is 61.7 Å². The van der Waals surface area contributed by atoms with Crippen LogP contribution in [0, 0.1) is 19.7 Å². The molecule has 0 aliphatic carbocycles. The molecule has 0 aliphatic rings. The maximum absolute atomic E-state index is 13.7. The summed E-state index contributed by atoms with van der Waals surface area (Å²) in [5.41, 5.74) is 2.81. The molecule has 2 rings (SSSR count). The van der Waals surface area contributed by atoms with E-state index in [1.54, 1.807) is 19.1 Å². The Morgan fingerprint density at radius 1 is 1.17 bits per heavy atom. The third kappa shape index (κ3) is 4.72. The summed E-state index contributed by atoms with van der Waals surface area (Å²) in [7, 11) is 1.41. The van der Waals surface area contributed by atoms with Crippen LogP contribution in [0.2, 0.25) is 0 Å². The summed E-state index contributed by atoms with van der Waals surface area (Å²) >= 11 is 0. The van der Waals surface area contributed by atoms with Crippen LogP contribution < -0.4 is 14.8 Å².